The zero-order chi connectivity index (χ0) is 19.0. The number of ether oxygens (including phenoxy) is 1. The lowest BCUT2D eigenvalue weighted by molar-refractivity contribution is 0.0918. The highest BCUT2D eigenvalue weighted by atomic mass is 35.5. The summed E-state index contributed by atoms with van der Waals surface area (Å²) in [5, 5.41) is 7.51. The van der Waals surface area contributed by atoms with Crippen LogP contribution in [0, 0.1) is 11.6 Å². The quantitative estimate of drug-likeness (QED) is 0.715. The number of carbonyl (C=O) groups excluding carboxylic acids is 1. The van der Waals surface area contributed by atoms with Gasteiger partial charge in [0.25, 0.3) is 5.91 Å². The molecule has 5 nitrogen and oxygen atoms in total. The van der Waals surface area contributed by atoms with Crippen molar-refractivity contribution in [1.29, 1.82) is 0 Å². The van der Waals surface area contributed by atoms with Crippen molar-refractivity contribution in [2.75, 3.05) is 6.61 Å². The Hall–Kier alpha value is -2.45. The predicted octanol–water partition coefficient (Wildman–Crippen LogP) is 3.66. The molecule has 0 aliphatic carbocycles. The number of fused-ring (bicyclic) bond motifs is 1. The van der Waals surface area contributed by atoms with Gasteiger partial charge in [0.1, 0.15) is 12.4 Å². The molecule has 0 unspecified atom stereocenters. The summed E-state index contributed by atoms with van der Waals surface area (Å²) in [6.07, 6.45) is 3.56. The Labute approximate surface area is 162 Å². The van der Waals surface area contributed by atoms with Gasteiger partial charge in [0, 0.05) is 22.7 Å². The second kappa shape index (κ2) is 7.28. The number of hydrogen-bond donors (Lipinski definition) is 1. The smallest absolute Gasteiger partial charge is 0.261 e. The van der Waals surface area contributed by atoms with Crippen LogP contribution in [0.25, 0.3) is 0 Å². The third-order valence-electron chi connectivity index (χ3n) is 4.12. The lowest BCUT2D eigenvalue weighted by atomic mass is 10.0. The van der Waals surface area contributed by atoms with Gasteiger partial charge in [-0.2, -0.15) is 5.10 Å². The van der Waals surface area contributed by atoms with Crippen LogP contribution >= 0.6 is 22.9 Å². The van der Waals surface area contributed by atoms with Crippen molar-refractivity contribution in [3.05, 3.63) is 68.6 Å². The molecule has 1 atom stereocenters. The van der Waals surface area contributed by atoms with Crippen LogP contribution in [-0.2, 0) is 13.0 Å². The molecule has 1 amide bonds. The van der Waals surface area contributed by atoms with Gasteiger partial charge in [-0.3, -0.25) is 9.48 Å². The molecular weight excluding hydrogens is 396 g/mol. The second-order valence-corrected chi connectivity index (χ2v) is 7.79. The van der Waals surface area contributed by atoms with E-state index in [1.54, 1.807) is 23.1 Å². The molecule has 4 rings (SSSR count). The summed E-state index contributed by atoms with van der Waals surface area (Å²) >= 11 is 7.19. The first-order valence-corrected chi connectivity index (χ1v) is 9.35. The molecule has 3 heterocycles. The molecule has 0 saturated carbocycles. The summed E-state index contributed by atoms with van der Waals surface area (Å²) in [6, 6.07) is 5.25. The van der Waals surface area contributed by atoms with Gasteiger partial charge in [0.15, 0.2) is 11.6 Å². The molecule has 1 aromatic carbocycles. The van der Waals surface area contributed by atoms with E-state index in [-0.39, 0.29) is 24.3 Å². The van der Waals surface area contributed by atoms with Crippen LogP contribution in [0.2, 0.25) is 5.02 Å². The predicted molar refractivity (Wildman–Crippen MR) is 97.5 cm³/mol. The number of nitrogens with one attached hydrogen (secondary N) is 1. The van der Waals surface area contributed by atoms with Crippen molar-refractivity contribution < 1.29 is 18.3 Å². The van der Waals surface area contributed by atoms with E-state index in [0.29, 0.717) is 28.4 Å². The fourth-order valence-electron chi connectivity index (χ4n) is 2.95. The van der Waals surface area contributed by atoms with Gasteiger partial charge >= 0.3 is 0 Å². The highest BCUT2D eigenvalue weighted by Crippen LogP contribution is 2.29. The number of halogens is 3. The standard InChI is InChI=1S/C18H14ClF2N3O2S/c19-11-6-22-24(7-11)8-14-1-2-16(27-14)18(25)23-13-4-10-3-12(20)5-15(21)17(10)26-9-13/h1-3,5-7,13H,4,8-9H2,(H,23,25)/t13-/m0/s1. The van der Waals surface area contributed by atoms with Crippen LogP contribution in [0.3, 0.4) is 0 Å². The van der Waals surface area contributed by atoms with Gasteiger partial charge in [-0.1, -0.05) is 11.6 Å². The normalized spacial score (nSPS) is 15.9. The molecule has 2 aromatic heterocycles. The molecule has 0 saturated heterocycles. The summed E-state index contributed by atoms with van der Waals surface area (Å²) in [4.78, 5) is 14.0. The Morgan fingerprint density at radius 2 is 2.26 bits per heavy atom. The Balaban J connectivity index is 1.41. The van der Waals surface area contributed by atoms with Crippen molar-refractivity contribution in [3.63, 3.8) is 0 Å². The van der Waals surface area contributed by atoms with Crippen molar-refractivity contribution in [2.45, 2.75) is 19.0 Å². The number of carbonyl (C=O) groups is 1. The van der Waals surface area contributed by atoms with E-state index < -0.39 is 11.6 Å². The van der Waals surface area contributed by atoms with Crippen molar-refractivity contribution in [1.82, 2.24) is 15.1 Å². The highest BCUT2D eigenvalue weighted by Gasteiger charge is 2.25. The van der Waals surface area contributed by atoms with E-state index in [1.807, 2.05) is 6.07 Å². The second-order valence-electron chi connectivity index (χ2n) is 6.18. The number of thiophene rings is 1. The van der Waals surface area contributed by atoms with Crippen LogP contribution in [-0.4, -0.2) is 28.3 Å². The number of aromatic nitrogens is 2. The summed E-state index contributed by atoms with van der Waals surface area (Å²) in [5.41, 5.74) is 0.409. The van der Waals surface area contributed by atoms with Crippen LogP contribution < -0.4 is 10.1 Å². The van der Waals surface area contributed by atoms with Crippen LogP contribution in [0.1, 0.15) is 20.1 Å². The Kier molecular flexibility index (Phi) is 4.84. The number of hydrogen-bond acceptors (Lipinski definition) is 4. The fraction of sp³-hybridized carbons (Fsp3) is 0.222. The van der Waals surface area contributed by atoms with E-state index in [0.717, 1.165) is 10.9 Å². The third kappa shape index (κ3) is 3.96. The Morgan fingerprint density at radius 1 is 1.41 bits per heavy atom. The molecular formula is C18H14ClF2N3O2S. The van der Waals surface area contributed by atoms with Gasteiger partial charge in [-0.25, -0.2) is 8.78 Å². The third-order valence-corrected chi connectivity index (χ3v) is 5.38. The molecule has 0 spiro atoms. The first-order chi connectivity index (χ1) is 13.0. The van der Waals surface area contributed by atoms with Crippen LogP contribution in [0.4, 0.5) is 8.78 Å². The summed E-state index contributed by atoms with van der Waals surface area (Å²) in [5.74, 6) is -1.59. The molecule has 0 radical (unpaired) electrons. The van der Waals surface area contributed by atoms with Gasteiger partial charge in [0.05, 0.1) is 28.7 Å². The first kappa shape index (κ1) is 17.9. The van der Waals surface area contributed by atoms with Crippen molar-refractivity contribution >= 4 is 28.8 Å². The van der Waals surface area contributed by atoms with Crippen LogP contribution in [0.15, 0.2) is 36.7 Å². The number of amides is 1. The molecule has 3 aromatic rings. The topological polar surface area (TPSA) is 56.1 Å². The molecule has 140 valence electrons. The van der Waals surface area contributed by atoms with Crippen molar-refractivity contribution in [3.8, 4) is 5.75 Å². The lowest BCUT2D eigenvalue weighted by Gasteiger charge is -2.26. The Morgan fingerprint density at radius 3 is 3.04 bits per heavy atom. The molecule has 0 bridgehead atoms. The maximum atomic E-state index is 13.7. The molecule has 1 aliphatic heterocycles. The summed E-state index contributed by atoms with van der Waals surface area (Å²) in [6.45, 7) is 0.647. The zero-order valence-electron chi connectivity index (χ0n) is 13.9. The van der Waals surface area contributed by atoms with E-state index in [2.05, 4.69) is 10.4 Å². The largest absolute Gasteiger partial charge is 0.488 e. The average molecular weight is 410 g/mol. The number of nitrogens with zero attached hydrogens (tertiary/aromatic N) is 2. The molecule has 0 fully saturated rings. The minimum absolute atomic E-state index is 0.0539. The maximum Gasteiger partial charge on any atom is 0.261 e. The number of benzene rings is 1. The van der Waals surface area contributed by atoms with Crippen LogP contribution in [0.5, 0.6) is 5.75 Å². The monoisotopic (exact) mass is 409 g/mol. The number of rotatable bonds is 4. The van der Waals surface area contributed by atoms with E-state index >= 15 is 0 Å². The zero-order valence-corrected chi connectivity index (χ0v) is 15.5. The van der Waals surface area contributed by atoms with Crippen molar-refractivity contribution in [2.24, 2.45) is 0 Å². The fourth-order valence-corrected chi connectivity index (χ4v) is 4.01. The summed E-state index contributed by atoms with van der Waals surface area (Å²) in [7, 11) is 0. The van der Waals surface area contributed by atoms with Gasteiger partial charge < -0.3 is 10.1 Å². The molecule has 1 N–H and O–H groups in total. The van der Waals surface area contributed by atoms with E-state index in [4.69, 9.17) is 16.3 Å². The minimum atomic E-state index is -0.726. The maximum absolute atomic E-state index is 13.7. The SMILES string of the molecule is O=C(N[C@@H]1COc2c(F)cc(F)cc2C1)c1ccc(Cn2cc(Cl)cn2)s1. The Bertz CT molecular complexity index is 1000. The lowest BCUT2D eigenvalue weighted by Crippen LogP contribution is -2.42. The molecule has 1 aliphatic rings. The average Bonchev–Trinajstić information content (AvgIpc) is 3.24. The van der Waals surface area contributed by atoms with E-state index in [9.17, 15) is 13.6 Å². The first-order valence-electron chi connectivity index (χ1n) is 8.16. The molecule has 27 heavy (non-hydrogen) atoms. The van der Waals surface area contributed by atoms with Gasteiger partial charge in [-0.05, 0) is 24.6 Å². The van der Waals surface area contributed by atoms with E-state index in [1.165, 1.54) is 17.4 Å². The minimum Gasteiger partial charge on any atom is -0.488 e. The highest BCUT2D eigenvalue weighted by molar-refractivity contribution is 7.14. The van der Waals surface area contributed by atoms with Gasteiger partial charge in [-0.15, -0.1) is 11.3 Å². The molecule has 9 heteroatoms. The summed E-state index contributed by atoms with van der Waals surface area (Å²) < 4.78 is 34.2. The van der Waals surface area contributed by atoms with Gasteiger partial charge in [0.2, 0.25) is 0 Å².